The molecule has 1 saturated carbocycles. The molecular formula is C28H33ClN4O3. The molecule has 1 amide bonds. The number of rotatable bonds is 5. The monoisotopic (exact) mass is 508 g/mol. The normalized spacial score (nSPS) is 16.2. The summed E-state index contributed by atoms with van der Waals surface area (Å²) in [4.78, 5) is 27.1. The number of nitrogens with two attached hydrogens (primary N) is 1. The summed E-state index contributed by atoms with van der Waals surface area (Å²) in [7, 11) is 0. The minimum atomic E-state index is -1.36. The van der Waals surface area contributed by atoms with Gasteiger partial charge in [0.05, 0.1) is 5.69 Å². The Bertz CT molecular complexity index is 1280. The van der Waals surface area contributed by atoms with Crippen molar-refractivity contribution in [2.75, 3.05) is 5.73 Å². The fraction of sp³-hybridized carbons (Fsp3) is 0.393. The zero-order chi connectivity index (χ0) is 25.9. The Morgan fingerprint density at radius 1 is 1.06 bits per heavy atom. The van der Waals surface area contributed by atoms with Gasteiger partial charge in [-0.2, -0.15) is 9.78 Å². The molecular weight excluding hydrogens is 476 g/mol. The zero-order valence-electron chi connectivity index (χ0n) is 21.0. The molecule has 1 unspecified atom stereocenters. The predicted octanol–water partition coefficient (Wildman–Crippen LogP) is 5.95. The number of hydrogen-bond acceptors (Lipinski definition) is 5. The van der Waals surface area contributed by atoms with Gasteiger partial charge in [0.1, 0.15) is 11.3 Å². The van der Waals surface area contributed by atoms with Crippen molar-refractivity contribution in [1.82, 2.24) is 15.1 Å². The van der Waals surface area contributed by atoms with Crippen LogP contribution in [0.4, 0.5) is 10.5 Å². The molecule has 2 aromatic carbocycles. The number of anilines is 1. The van der Waals surface area contributed by atoms with Gasteiger partial charge in [-0.25, -0.2) is 4.79 Å². The van der Waals surface area contributed by atoms with Crippen LogP contribution >= 0.6 is 11.6 Å². The number of aromatic nitrogens is 2. The van der Waals surface area contributed by atoms with Crippen molar-refractivity contribution in [2.45, 2.75) is 64.1 Å². The summed E-state index contributed by atoms with van der Waals surface area (Å²) in [6, 6.07) is 18.3. The number of carbonyl (C=O) groups excluding carboxylic acids is 1. The molecule has 3 N–H and O–H groups in total. The van der Waals surface area contributed by atoms with Gasteiger partial charge in [0.15, 0.2) is 5.66 Å². The third kappa shape index (κ3) is 5.41. The fourth-order valence-corrected chi connectivity index (χ4v) is 5.16. The van der Waals surface area contributed by atoms with E-state index in [4.69, 9.17) is 27.2 Å². The molecule has 1 fully saturated rings. The van der Waals surface area contributed by atoms with E-state index in [1.54, 1.807) is 45.0 Å². The van der Waals surface area contributed by atoms with E-state index in [0.717, 1.165) is 37.7 Å². The number of amides is 1. The topological polar surface area (TPSA) is 99.2 Å². The Balaban J connectivity index is 2.02. The number of hydrogen-bond donors (Lipinski definition) is 2. The predicted molar refractivity (Wildman–Crippen MR) is 143 cm³/mol. The number of ether oxygens (including phenoxy) is 1. The highest BCUT2D eigenvalue weighted by atomic mass is 35.5. The van der Waals surface area contributed by atoms with Gasteiger partial charge in [-0.15, -0.1) is 0 Å². The second kappa shape index (κ2) is 10.3. The van der Waals surface area contributed by atoms with Crippen molar-refractivity contribution in [3.8, 4) is 11.3 Å². The molecule has 7 nitrogen and oxygen atoms in total. The number of nitrogens with zero attached hydrogens (tertiary/aromatic N) is 2. The van der Waals surface area contributed by atoms with E-state index in [1.165, 1.54) is 4.68 Å². The third-order valence-corrected chi connectivity index (χ3v) is 6.73. The largest absolute Gasteiger partial charge is 0.444 e. The van der Waals surface area contributed by atoms with Crippen molar-refractivity contribution in [2.24, 2.45) is 5.92 Å². The van der Waals surface area contributed by atoms with E-state index in [-0.39, 0.29) is 11.6 Å². The maximum Gasteiger partial charge on any atom is 0.409 e. The molecule has 190 valence electrons. The smallest absolute Gasteiger partial charge is 0.409 e. The van der Waals surface area contributed by atoms with Crippen LogP contribution in [0.5, 0.6) is 0 Å². The van der Waals surface area contributed by atoms with Crippen LogP contribution in [-0.4, -0.2) is 21.5 Å². The quantitative estimate of drug-likeness (QED) is 0.443. The lowest BCUT2D eigenvalue weighted by Gasteiger charge is -2.44. The summed E-state index contributed by atoms with van der Waals surface area (Å²) in [5.74, 6) is -0.146. The summed E-state index contributed by atoms with van der Waals surface area (Å²) in [5.41, 5.74) is 5.72. The van der Waals surface area contributed by atoms with Gasteiger partial charge in [-0.3, -0.25) is 10.1 Å². The van der Waals surface area contributed by atoms with E-state index in [9.17, 15) is 9.59 Å². The highest BCUT2D eigenvalue weighted by Gasteiger charge is 2.47. The van der Waals surface area contributed by atoms with E-state index >= 15 is 0 Å². The van der Waals surface area contributed by atoms with Crippen molar-refractivity contribution in [3.63, 3.8) is 0 Å². The van der Waals surface area contributed by atoms with Gasteiger partial charge in [-0.05, 0) is 51.8 Å². The molecule has 1 aromatic heterocycles. The SMILES string of the molecule is CC(C)(C)OC(=O)NC(c1cccc(Cl)c1)(C1CCCCC1)n1nc(-c2ccccc2)cc(N)c1=O. The highest BCUT2D eigenvalue weighted by Crippen LogP contribution is 2.41. The number of alkyl carbamates (subject to hydrolysis) is 1. The maximum absolute atomic E-state index is 13.7. The van der Waals surface area contributed by atoms with Crippen LogP contribution in [-0.2, 0) is 10.4 Å². The van der Waals surface area contributed by atoms with Gasteiger partial charge in [0.2, 0.25) is 0 Å². The van der Waals surface area contributed by atoms with Crippen molar-refractivity contribution in [1.29, 1.82) is 0 Å². The summed E-state index contributed by atoms with van der Waals surface area (Å²) in [6.45, 7) is 5.39. The van der Waals surface area contributed by atoms with Crippen molar-refractivity contribution < 1.29 is 9.53 Å². The second-order valence-corrected chi connectivity index (χ2v) is 10.7. The first-order chi connectivity index (χ1) is 17.1. The van der Waals surface area contributed by atoms with Crippen molar-refractivity contribution >= 4 is 23.4 Å². The second-order valence-electron chi connectivity index (χ2n) is 10.3. The van der Waals surface area contributed by atoms with Crippen LogP contribution in [0, 0.1) is 5.92 Å². The Morgan fingerprint density at radius 3 is 2.39 bits per heavy atom. The highest BCUT2D eigenvalue weighted by molar-refractivity contribution is 6.30. The Morgan fingerprint density at radius 2 is 1.75 bits per heavy atom. The van der Waals surface area contributed by atoms with E-state index in [2.05, 4.69) is 5.32 Å². The Hall–Kier alpha value is -3.32. The lowest BCUT2D eigenvalue weighted by Crippen LogP contribution is -2.61. The van der Waals surface area contributed by atoms with Gasteiger partial charge in [0, 0.05) is 22.1 Å². The third-order valence-electron chi connectivity index (χ3n) is 6.50. The number of benzene rings is 2. The number of carbonyl (C=O) groups is 1. The first kappa shape index (κ1) is 25.8. The van der Waals surface area contributed by atoms with Crippen LogP contribution in [0.25, 0.3) is 11.3 Å². The van der Waals surface area contributed by atoms with Crippen LogP contribution in [0.2, 0.25) is 5.02 Å². The van der Waals surface area contributed by atoms with Crippen molar-refractivity contribution in [3.05, 3.63) is 81.6 Å². The van der Waals surface area contributed by atoms with Gasteiger partial charge in [-0.1, -0.05) is 73.3 Å². The molecule has 4 rings (SSSR count). The Kier molecular flexibility index (Phi) is 7.41. The minimum absolute atomic E-state index is 0.0389. The molecule has 3 aromatic rings. The van der Waals surface area contributed by atoms with Gasteiger partial charge in [0.25, 0.3) is 5.56 Å². The van der Waals surface area contributed by atoms with Crippen LogP contribution in [0.3, 0.4) is 0 Å². The molecule has 0 saturated heterocycles. The maximum atomic E-state index is 13.7. The average Bonchev–Trinajstić information content (AvgIpc) is 2.84. The van der Waals surface area contributed by atoms with Gasteiger partial charge >= 0.3 is 6.09 Å². The average molecular weight is 509 g/mol. The fourth-order valence-electron chi connectivity index (χ4n) is 4.97. The van der Waals surface area contributed by atoms with Crippen LogP contribution in [0.1, 0.15) is 58.4 Å². The molecule has 0 radical (unpaired) electrons. The lowest BCUT2D eigenvalue weighted by molar-refractivity contribution is 0.0281. The number of nitrogens with one attached hydrogen (secondary N) is 1. The Labute approximate surface area is 216 Å². The molecule has 1 atom stereocenters. The molecule has 0 aliphatic heterocycles. The molecule has 1 aliphatic carbocycles. The van der Waals surface area contributed by atoms with E-state index in [0.29, 0.717) is 16.3 Å². The van der Waals surface area contributed by atoms with E-state index in [1.807, 2.05) is 36.4 Å². The molecule has 0 bridgehead atoms. The van der Waals surface area contributed by atoms with Crippen LogP contribution < -0.4 is 16.6 Å². The standard InChI is InChI=1S/C28H33ClN4O3/c1-27(2,3)36-26(35)31-28(20-13-8-5-9-14-20,21-15-10-16-22(29)17-21)33-25(34)23(30)18-24(32-33)19-11-6-4-7-12-19/h4,6-7,10-12,15-18,20H,5,8-9,13-14,30H2,1-3H3,(H,31,35). The number of halogens is 1. The summed E-state index contributed by atoms with van der Waals surface area (Å²) < 4.78 is 7.03. The molecule has 36 heavy (non-hydrogen) atoms. The first-order valence-electron chi connectivity index (χ1n) is 12.3. The number of nitrogen functional groups attached to an aromatic ring is 1. The molecule has 8 heteroatoms. The van der Waals surface area contributed by atoms with Crippen LogP contribution in [0.15, 0.2) is 65.5 Å². The van der Waals surface area contributed by atoms with Gasteiger partial charge < -0.3 is 10.5 Å². The summed E-state index contributed by atoms with van der Waals surface area (Å²) in [6.07, 6.45) is 3.93. The molecule has 1 heterocycles. The van der Waals surface area contributed by atoms with E-state index < -0.39 is 22.9 Å². The molecule has 0 spiro atoms. The summed E-state index contributed by atoms with van der Waals surface area (Å²) >= 11 is 6.44. The lowest BCUT2D eigenvalue weighted by atomic mass is 9.76. The molecule has 1 aliphatic rings. The zero-order valence-corrected chi connectivity index (χ0v) is 21.7. The minimum Gasteiger partial charge on any atom is -0.444 e. The summed E-state index contributed by atoms with van der Waals surface area (Å²) in [5, 5.41) is 8.39. The first-order valence-corrected chi connectivity index (χ1v) is 12.7.